The Morgan fingerprint density at radius 1 is 0.767 bits per heavy atom. The van der Waals surface area contributed by atoms with Crippen molar-refractivity contribution < 1.29 is 28.6 Å². The van der Waals surface area contributed by atoms with Crippen LogP contribution in [0, 0.1) is 19.8 Å². The van der Waals surface area contributed by atoms with E-state index in [4.69, 9.17) is 13.5 Å². The van der Waals surface area contributed by atoms with Gasteiger partial charge in [0.1, 0.15) is 11.4 Å². The molecule has 0 saturated carbocycles. The van der Waals surface area contributed by atoms with Gasteiger partial charge in [0.05, 0.1) is 16.6 Å². The Balaban J connectivity index is 0.000000241. The van der Waals surface area contributed by atoms with Crippen LogP contribution in [-0.4, -0.2) is 19.5 Å². The van der Waals surface area contributed by atoms with Crippen molar-refractivity contribution in [1.82, 2.24) is 19.5 Å². The van der Waals surface area contributed by atoms with Crippen LogP contribution in [0.1, 0.15) is 15.4 Å². The SMILES string of the molecule is [2H]C([2H])([2H])c1ccc2c(n1)oc1c(-c3nc4ccccc4n3-c3ccccc3)c(C)ccc12.[Ir].[c-]1ccccc1-c1ccccn1. The van der Waals surface area contributed by atoms with Crippen LogP contribution in [0.3, 0.4) is 0 Å². The average Bonchev–Trinajstić information content (AvgIpc) is 3.64. The zero-order valence-electron chi connectivity index (χ0n) is 26.2. The summed E-state index contributed by atoms with van der Waals surface area (Å²) in [5.74, 6) is 0.764. The van der Waals surface area contributed by atoms with Gasteiger partial charge in [-0.15, -0.1) is 35.9 Å². The monoisotopic (exact) mass is 739 g/mol. The normalized spacial score (nSPS) is 12.2. The molecule has 43 heavy (non-hydrogen) atoms. The summed E-state index contributed by atoms with van der Waals surface area (Å²) in [7, 11) is 0. The number of hydrogen-bond acceptors (Lipinski definition) is 4. The average molecular weight is 739 g/mol. The van der Waals surface area contributed by atoms with Crippen LogP contribution in [-0.2, 0) is 20.1 Å². The van der Waals surface area contributed by atoms with Gasteiger partial charge in [0, 0.05) is 52.6 Å². The largest absolute Gasteiger partial charge is 0.437 e. The molecule has 0 spiro atoms. The number of para-hydroxylation sites is 3. The van der Waals surface area contributed by atoms with Crippen molar-refractivity contribution in [3.8, 4) is 28.3 Å². The maximum atomic E-state index is 7.69. The first-order valence-corrected chi connectivity index (χ1v) is 13.6. The van der Waals surface area contributed by atoms with Crippen molar-refractivity contribution in [2.75, 3.05) is 0 Å². The molecule has 0 aliphatic carbocycles. The molecule has 4 aromatic carbocycles. The number of aryl methyl sites for hydroxylation is 2. The maximum Gasteiger partial charge on any atom is 0.227 e. The van der Waals surface area contributed by atoms with Crippen LogP contribution in [0.5, 0.6) is 0 Å². The van der Waals surface area contributed by atoms with E-state index in [-0.39, 0.29) is 25.8 Å². The Labute approximate surface area is 267 Å². The van der Waals surface area contributed by atoms with Crippen molar-refractivity contribution in [3.63, 3.8) is 0 Å². The van der Waals surface area contributed by atoms with Gasteiger partial charge in [0.15, 0.2) is 0 Å². The fourth-order valence-electron chi connectivity index (χ4n) is 5.20. The van der Waals surface area contributed by atoms with Gasteiger partial charge >= 0.3 is 0 Å². The predicted octanol–water partition coefficient (Wildman–Crippen LogP) is 9.15. The predicted molar refractivity (Wildman–Crippen MR) is 170 cm³/mol. The van der Waals surface area contributed by atoms with Gasteiger partial charge in [0.2, 0.25) is 5.71 Å². The fraction of sp³-hybridized carbons (Fsp3) is 0.0541. The van der Waals surface area contributed by atoms with Crippen molar-refractivity contribution in [1.29, 1.82) is 0 Å². The van der Waals surface area contributed by atoms with Gasteiger partial charge < -0.3 is 9.40 Å². The molecule has 0 fully saturated rings. The van der Waals surface area contributed by atoms with Gasteiger partial charge in [-0.05, 0) is 67.5 Å². The number of furan rings is 1. The molecule has 0 amide bonds. The van der Waals surface area contributed by atoms with Crippen LogP contribution in [0.2, 0.25) is 0 Å². The van der Waals surface area contributed by atoms with E-state index in [9.17, 15) is 0 Å². The molecule has 6 heteroatoms. The maximum absolute atomic E-state index is 7.69. The van der Waals surface area contributed by atoms with E-state index in [0.29, 0.717) is 11.3 Å². The zero-order chi connectivity index (χ0) is 31.0. The molecule has 8 aromatic rings. The molecule has 8 rings (SSSR count). The van der Waals surface area contributed by atoms with E-state index in [2.05, 4.69) is 38.8 Å². The molecule has 0 aliphatic rings. The number of imidazole rings is 1. The van der Waals surface area contributed by atoms with Crippen molar-refractivity contribution in [3.05, 3.63) is 145 Å². The third-order valence-electron chi connectivity index (χ3n) is 7.16. The Kier molecular flexibility index (Phi) is 6.97. The minimum absolute atomic E-state index is 0. The van der Waals surface area contributed by atoms with Gasteiger partial charge in [0.25, 0.3) is 0 Å². The number of fused-ring (bicyclic) bond motifs is 4. The smallest absolute Gasteiger partial charge is 0.227 e. The number of nitrogens with zero attached hydrogens (tertiary/aromatic N) is 4. The number of pyridine rings is 2. The topological polar surface area (TPSA) is 56.7 Å². The van der Waals surface area contributed by atoms with Gasteiger partial charge in [-0.1, -0.05) is 54.6 Å². The van der Waals surface area contributed by atoms with Crippen molar-refractivity contribution in [2.24, 2.45) is 0 Å². The molecule has 1 radical (unpaired) electrons. The third-order valence-corrected chi connectivity index (χ3v) is 7.16. The fourth-order valence-corrected chi connectivity index (χ4v) is 5.20. The minimum atomic E-state index is -2.30. The van der Waals surface area contributed by atoms with E-state index in [1.807, 2.05) is 97.9 Å². The summed E-state index contributed by atoms with van der Waals surface area (Å²) in [6.45, 7) is -0.273. The standard InChI is InChI=1S/C26H19N3O.C11H8N.Ir/c1-16-12-14-19-20-15-13-17(2)27-26(20)30-24(19)23(16)25-28-21-10-6-7-11-22(21)29(25)18-8-4-3-5-9-18;1-2-6-10(7-3-1)11-8-4-5-9-12-11;/h3-15H,1-2H3;1-6,8-9H;/q;-1;/i2D3;;. The molecule has 211 valence electrons. The van der Waals surface area contributed by atoms with Gasteiger partial charge in [-0.3, -0.25) is 4.57 Å². The summed E-state index contributed by atoms with van der Waals surface area (Å²) in [6.07, 6.45) is 1.79. The van der Waals surface area contributed by atoms with Gasteiger partial charge in [-0.2, -0.15) is 0 Å². The van der Waals surface area contributed by atoms with Gasteiger partial charge in [-0.25, -0.2) is 9.97 Å². The number of benzene rings is 4. The Morgan fingerprint density at radius 3 is 2.35 bits per heavy atom. The first-order chi connectivity index (χ1) is 21.9. The molecular formula is C37H27IrN4O-. The first-order valence-electron chi connectivity index (χ1n) is 15.1. The second-order valence-corrected chi connectivity index (χ2v) is 9.87. The van der Waals surface area contributed by atoms with Crippen LogP contribution >= 0.6 is 0 Å². The molecule has 0 N–H and O–H groups in total. The van der Waals surface area contributed by atoms with E-state index in [1.54, 1.807) is 18.3 Å². The molecule has 0 bridgehead atoms. The summed E-state index contributed by atoms with van der Waals surface area (Å²) in [5, 5.41) is 1.66. The summed E-state index contributed by atoms with van der Waals surface area (Å²) in [6, 6.07) is 42.3. The number of aromatic nitrogens is 4. The van der Waals surface area contributed by atoms with Crippen LogP contribution in [0.4, 0.5) is 0 Å². The zero-order valence-corrected chi connectivity index (χ0v) is 25.5. The molecule has 0 atom stereocenters. The Hall–Kier alpha value is -4.90. The van der Waals surface area contributed by atoms with E-state index in [0.717, 1.165) is 55.7 Å². The molecule has 0 unspecified atom stereocenters. The van der Waals surface area contributed by atoms with Crippen LogP contribution < -0.4 is 0 Å². The quantitative estimate of drug-likeness (QED) is 0.170. The van der Waals surface area contributed by atoms with E-state index < -0.39 is 6.85 Å². The molecule has 0 aliphatic heterocycles. The Morgan fingerprint density at radius 2 is 1.56 bits per heavy atom. The van der Waals surface area contributed by atoms with E-state index in [1.165, 1.54) is 0 Å². The Bertz CT molecular complexity index is 2230. The minimum Gasteiger partial charge on any atom is -0.437 e. The van der Waals surface area contributed by atoms with Crippen LogP contribution in [0.25, 0.3) is 61.4 Å². The summed E-state index contributed by atoms with van der Waals surface area (Å²) >= 11 is 0. The van der Waals surface area contributed by atoms with Crippen LogP contribution in [0.15, 0.2) is 132 Å². The number of rotatable bonds is 3. The molecule has 0 saturated heterocycles. The second kappa shape index (κ2) is 12.1. The molecular weight excluding hydrogens is 709 g/mol. The van der Waals surface area contributed by atoms with E-state index >= 15 is 0 Å². The second-order valence-electron chi connectivity index (χ2n) is 9.87. The summed E-state index contributed by atoms with van der Waals surface area (Å²) in [4.78, 5) is 13.5. The number of hydrogen-bond donors (Lipinski definition) is 0. The molecule has 4 aromatic heterocycles. The third kappa shape index (κ3) is 5.39. The summed E-state index contributed by atoms with van der Waals surface area (Å²) in [5.41, 5.74) is 7.73. The summed E-state index contributed by atoms with van der Waals surface area (Å²) < 4.78 is 31.4. The van der Waals surface area contributed by atoms with Crippen molar-refractivity contribution in [2.45, 2.75) is 13.8 Å². The first kappa shape index (κ1) is 24.7. The molecule has 4 heterocycles. The molecule has 5 nitrogen and oxygen atoms in total. The van der Waals surface area contributed by atoms with Crippen molar-refractivity contribution >= 4 is 33.1 Å².